The summed E-state index contributed by atoms with van der Waals surface area (Å²) >= 11 is 2.08. The van der Waals surface area contributed by atoms with Crippen LogP contribution in [0.2, 0.25) is 0 Å². The number of carbonyl (C=O) groups is 2. The van der Waals surface area contributed by atoms with E-state index in [9.17, 15) is 9.59 Å². The lowest BCUT2D eigenvalue weighted by Crippen LogP contribution is -2.31. The maximum atomic E-state index is 12.7. The Kier molecular flexibility index (Phi) is 5.85. The van der Waals surface area contributed by atoms with Crippen LogP contribution in [0.15, 0.2) is 83.1 Å². The van der Waals surface area contributed by atoms with Gasteiger partial charge in [0.25, 0.3) is 11.8 Å². The average Bonchev–Trinajstić information content (AvgIpc) is 3.15. The van der Waals surface area contributed by atoms with E-state index in [0.717, 1.165) is 3.57 Å². The molecule has 0 unspecified atom stereocenters. The third kappa shape index (κ3) is 4.60. The number of benzene rings is 2. The van der Waals surface area contributed by atoms with Crippen LogP contribution in [0.25, 0.3) is 6.08 Å². The van der Waals surface area contributed by atoms with Gasteiger partial charge in [0.1, 0.15) is 11.5 Å². The number of hydrogen-bond acceptors (Lipinski definition) is 3. The van der Waals surface area contributed by atoms with E-state index in [4.69, 9.17) is 4.42 Å². The highest BCUT2D eigenvalue weighted by molar-refractivity contribution is 14.1. The number of carbonyl (C=O) groups excluding carboxylic acids is 2. The molecule has 0 spiro atoms. The van der Waals surface area contributed by atoms with E-state index in [1.807, 2.05) is 30.3 Å². The number of halogens is 1. The quantitative estimate of drug-likeness (QED) is 0.443. The minimum Gasteiger partial charge on any atom is -0.465 e. The van der Waals surface area contributed by atoms with Gasteiger partial charge in [-0.25, -0.2) is 0 Å². The summed E-state index contributed by atoms with van der Waals surface area (Å²) in [6, 6.07) is 19.6. The lowest BCUT2D eigenvalue weighted by atomic mass is 10.2. The van der Waals surface area contributed by atoms with Crippen LogP contribution < -0.4 is 10.6 Å². The lowest BCUT2D eigenvalue weighted by molar-refractivity contribution is -0.113. The molecular weight excluding hydrogens is 443 g/mol. The van der Waals surface area contributed by atoms with Crippen molar-refractivity contribution in [2.45, 2.75) is 0 Å². The van der Waals surface area contributed by atoms with Gasteiger partial charge in [-0.3, -0.25) is 9.59 Å². The zero-order chi connectivity index (χ0) is 18.4. The molecule has 0 atom stereocenters. The van der Waals surface area contributed by atoms with Crippen molar-refractivity contribution in [2.24, 2.45) is 0 Å². The van der Waals surface area contributed by atoms with Gasteiger partial charge >= 0.3 is 0 Å². The molecule has 0 radical (unpaired) electrons. The van der Waals surface area contributed by atoms with Crippen molar-refractivity contribution in [1.82, 2.24) is 5.32 Å². The molecule has 5 nitrogen and oxygen atoms in total. The fourth-order valence-corrected chi connectivity index (χ4v) is 2.86. The number of furan rings is 1. The summed E-state index contributed by atoms with van der Waals surface area (Å²) in [5.74, 6) is -0.339. The molecule has 130 valence electrons. The average molecular weight is 458 g/mol. The highest BCUT2D eigenvalue weighted by Gasteiger charge is 2.17. The minimum atomic E-state index is -0.438. The maximum Gasteiger partial charge on any atom is 0.272 e. The molecule has 1 aromatic heterocycles. The molecule has 3 aromatic rings. The minimum absolute atomic E-state index is 0.0912. The summed E-state index contributed by atoms with van der Waals surface area (Å²) in [5, 5.41) is 5.44. The SMILES string of the molecule is O=C(Nc1ccccc1)/C(=C\c1ccco1)NC(=O)c1ccccc1I. The Morgan fingerprint density at radius 2 is 1.65 bits per heavy atom. The van der Waals surface area contributed by atoms with Gasteiger partial charge in [0.2, 0.25) is 0 Å². The Morgan fingerprint density at radius 1 is 0.923 bits per heavy atom. The predicted molar refractivity (Wildman–Crippen MR) is 108 cm³/mol. The van der Waals surface area contributed by atoms with Gasteiger partial charge in [0.05, 0.1) is 11.8 Å². The van der Waals surface area contributed by atoms with Gasteiger partial charge in [-0.15, -0.1) is 0 Å². The van der Waals surface area contributed by atoms with Crippen molar-refractivity contribution in [3.63, 3.8) is 0 Å². The van der Waals surface area contributed by atoms with Crippen LogP contribution in [-0.4, -0.2) is 11.8 Å². The highest BCUT2D eigenvalue weighted by Crippen LogP contribution is 2.14. The van der Waals surface area contributed by atoms with E-state index in [0.29, 0.717) is 17.0 Å². The smallest absolute Gasteiger partial charge is 0.272 e. The second-order valence-electron chi connectivity index (χ2n) is 5.33. The summed E-state index contributed by atoms with van der Waals surface area (Å²) in [6.45, 7) is 0. The zero-order valence-corrected chi connectivity index (χ0v) is 15.8. The van der Waals surface area contributed by atoms with Crippen molar-refractivity contribution < 1.29 is 14.0 Å². The third-order valence-electron chi connectivity index (χ3n) is 3.47. The fraction of sp³-hybridized carbons (Fsp3) is 0. The van der Waals surface area contributed by atoms with Crippen molar-refractivity contribution >= 4 is 46.2 Å². The summed E-state index contributed by atoms with van der Waals surface area (Å²) < 4.78 is 6.06. The van der Waals surface area contributed by atoms with E-state index >= 15 is 0 Å². The molecule has 0 aliphatic carbocycles. The molecule has 3 rings (SSSR count). The largest absolute Gasteiger partial charge is 0.465 e. The fourth-order valence-electron chi connectivity index (χ4n) is 2.23. The molecule has 0 bridgehead atoms. The molecule has 0 saturated heterocycles. The van der Waals surface area contributed by atoms with Crippen LogP contribution in [0, 0.1) is 3.57 Å². The van der Waals surface area contributed by atoms with Gasteiger partial charge < -0.3 is 15.1 Å². The standard InChI is InChI=1S/C20H15IN2O3/c21-17-11-5-4-10-16(17)19(24)23-18(13-15-9-6-12-26-15)20(25)22-14-7-2-1-3-8-14/h1-13H,(H,22,25)(H,23,24)/b18-13+. The Hall–Kier alpha value is -2.87. The number of amides is 2. The summed E-state index contributed by atoms with van der Waals surface area (Å²) in [4.78, 5) is 25.2. The van der Waals surface area contributed by atoms with E-state index in [2.05, 4.69) is 33.2 Å². The summed E-state index contributed by atoms with van der Waals surface area (Å²) in [6.07, 6.45) is 2.99. The number of para-hydroxylation sites is 1. The van der Waals surface area contributed by atoms with Gasteiger partial charge in [-0.05, 0) is 59.0 Å². The van der Waals surface area contributed by atoms with E-state index in [1.54, 1.807) is 36.4 Å². The van der Waals surface area contributed by atoms with Gasteiger partial charge in [-0.1, -0.05) is 30.3 Å². The van der Waals surface area contributed by atoms with Crippen LogP contribution in [0.1, 0.15) is 16.1 Å². The van der Waals surface area contributed by atoms with E-state index in [1.165, 1.54) is 12.3 Å². The van der Waals surface area contributed by atoms with Crippen LogP contribution in [0.5, 0.6) is 0 Å². The topological polar surface area (TPSA) is 71.3 Å². The van der Waals surface area contributed by atoms with Crippen LogP contribution in [0.4, 0.5) is 5.69 Å². The monoisotopic (exact) mass is 458 g/mol. The van der Waals surface area contributed by atoms with E-state index in [-0.39, 0.29) is 11.6 Å². The normalized spacial score (nSPS) is 11.0. The maximum absolute atomic E-state index is 12.7. The first-order valence-corrected chi connectivity index (χ1v) is 8.89. The molecule has 0 saturated carbocycles. The highest BCUT2D eigenvalue weighted by atomic mass is 127. The second kappa shape index (κ2) is 8.48. The molecule has 0 fully saturated rings. The molecule has 2 amide bonds. The molecule has 2 N–H and O–H groups in total. The molecule has 1 heterocycles. The van der Waals surface area contributed by atoms with Crippen LogP contribution in [-0.2, 0) is 4.79 Å². The molecule has 26 heavy (non-hydrogen) atoms. The molecule has 2 aromatic carbocycles. The van der Waals surface area contributed by atoms with Crippen molar-refractivity contribution in [3.05, 3.63) is 93.6 Å². The summed E-state index contributed by atoms with van der Waals surface area (Å²) in [5.41, 5.74) is 1.21. The van der Waals surface area contributed by atoms with Gasteiger partial charge in [0.15, 0.2) is 0 Å². The number of hydrogen-bond donors (Lipinski definition) is 2. The Bertz CT molecular complexity index is 935. The number of anilines is 1. The Balaban J connectivity index is 1.85. The Morgan fingerprint density at radius 3 is 2.35 bits per heavy atom. The molecule has 0 aliphatic heterocycles. The van der Waals surface area contributed by atoms with Crippen molar-refractivity contribution in [3.8, 4) is 0 Å². The van der Waals surface area contributed by atoms with E-state index < -0.39 is 5.91 Å². The number of nitrogens with one attached hydrogen (secondary N) is 2. The first-order chi connectivity index (χ1) is 12.6. The van der Waals surface area contributed by atoms with Crippen LogP contribution in [0.3, 0.4) is 0 Å². The van der Waals surface area contributed by atoms with Gasteiger partial charge in [-0.2, -0.15) is 0 Å². The lowest BCUT2D eigenvalue weighted by Gasteiger charge is -2.11. The van der Waals surface area contributed by atoms with Crippen molar-refractivity contribution in [1.29, 1.82) is 0 Å². The first-order valence-electron chi connectivity index (χ1n) is 7.81. The number of rotatable bonds is 5. The second-order valence-corrected chi connectivity index (χ2v) is 6.49. The van der Waals surface area contributed by atoms with Crippen LogP contribution >= 0.6 is 22.6 Å². The summed E-state index contributed by atoms with van der Waals surface area (Å²) in [7, 11) is 0. The third-order valence-corrected chi connectivity index (χ3v) is 4.41. The molecule has 6 heteroatoms. The zero-order valence-electron chi connectivity index (χ0n) is 13.6. The predicted octanol–water partition coefficient (Wildman–Crippen LogP) is 4.29. The molecule has 0 aliphatic rings. The van der Waals surface area contributed by atoms with Crippen molar-refractivity contribution in [2.75, 3.05) is 5.32 Å². The Labute approximate surface area is 164 Å². The molecular formula is C20H15IN2O3. The van der Waals surface area contributed by atoms with Gasteiger partial charge in [0, 0.05) is 15.3 Å². The first kappa shape index (κ1) is 17.9.